The molecule has 88 valence electrons. The van der Waals surface area contributed by atoms with Gasteiger partial charge in [0.25, 0.3) is 0 Å². The van der Waals surface area contributed by atoms with Gasteiger partial charge >= 0.3 is 0 Å². The molecular weight excluding hydrogens is 302 g/mol. The van der Waals surface area contributed by atoms with Crippen LogP contribution in [-0.2, 0) is 5.75 Å². The standard InChI is InChI=1S/C11H10BrN3OS/c12-8-3-4-10(13-5-8)17-6-9-14-15-11(16-9)7-1-2-7/h3-5,7H,1-2,6H2. The normalized spacial score (nSPS) is 15.1. The summed E-state index contributed by atoms with van der Waals surface area (Å²) >= 11 is 4.95. The zero-order valence-electron chi connectivity index (χ0n) is 8.97. The summed E-state index contributed by atoms with van der Waals surface area (Å²) in [6, 6.07) is 3.94. The number of pyridine rings is 1. The number of thioether (sulfide) groups is 1. The van der Waals surface area contributed by atoms with Gasteiger partial charge in [0, 0.05) is 16.6 Å². The lowest BCUT2D eigenvalue weighted by Gasteiger charge is -1.97. The van der Waals surface area contributed by atoms with Crippen LogP contribution in [0.4, 0.5) is 0 Å². The Morgan fingerprint density at radius 3 is 2.94 bits per heavy atom. The first-order valence-electron chi connectivity index (χ1n) is 5.38. The minimum atomic E-state index is 0.520. The van der Waals surface area contributed by atoms with Crippen LogP contribution in [0.15, 0.2) is 32.2 Å². The molecule has 0 bridgehead atoms. The highest BCUT2D eigenvalue weighted by Gasteiger charge is 2.29. The van der Waals surface area contributed by atoms with E-state index in [1.807, 2.05) is 12.1 Å². The van der Waals surface area contributed by atoms with Gasteiger partial charge in [0.1, 0.15) is 0 Å². The average Bonchev–Trinajstić information content (AvgIpc) is 3.09. The number of nitrogens with zero attached hydrogens (tertiary/aromatic N) is 3. The molecular formula is C11H10BrN3OS. The van der Waals surface area contributed by atoms with Crippen molar-refractivity contribution in [2.45, 2.75) is 29.5 Å². The van der Waals surface area contributed by atoms with E-state index >= 15 is 0 Å². The van der Waals surface area contributed by atoms with Crippen LogP contribution in [0, 0.1) is 0 Å². The fourth-order valence-corrected chi connectivity index (χ4v) is 2.32. The van der Waals surface area contributed by atoms with Crippen LogP contribution in [0.2, 0.25) is 0 Å². The Morgan fingerprint density at radius 2 is 2.24 bits per heavy atom. The Bertz CT molecular complexity index is 510. The minimum absolute atomic E-state index is 0.520. The predicted molar refractivity (Wildman–Crippen MR) is 67.8 cm³/mol. The molecule has 0 amide bonds. The third-order valence-corrected chi connectivity index (χ3v) is 3.85. The Balaban J connectivity index is 1.60. The first-order chi connectivity index (χ1) is 8.31. The number of hydrogen-bond acceptors (Lipinski definition) is 5. The van der Waals surface area contributed by atoms with Crippen molar-refractivity contribution in [1.82, 2.24) is 15.2 Å². The molecule has 0 saturated heterocycles. The zero-order chi connectivity index (χ0) is 11.7. The lowest BCUT2D eigenvalue weighted by Crippen LogP contribution is -1.83. The molecule has 2 aromatic heterocycles. The largest absolute Gasteiger partial charge is 0.424 e. The van der Waals surface area contributed by atoms with E-state index < -0.39 is 0 Å². The molecule has 2 heterocycles. The highest BCUT2D eigenvalue weighted by Crippen LogP contribution is 2.39. The molecule has 0 unspecified atom stereocenters. The molecule has 6 heteroatoms. The number of halogens is 1. The first-order valence-corrected chi connectivity index (χ1v) is 7.16. The molecule has 17 heavy (non-hydrogen) atoms. The van der Waals surface area contributed by atoms with Gasteiger partial charge in [-0.1, -0.05) is 11.8 Å². The van der Waals surface area contributed by atoms with E-state index in [1.54, 1.807) is 18.0 Å². The highest BCUT2D eigenvalue weighted by molar-refractivity contribution is 9.10. The molecule has 0 aliphatic heterocycles. The summed E-state index contributed by atoms with van der Waals surface area (Å²) in [6.45, 7) is 0. The topological polar surface area (TPSA) is 51.8 Å². The number of rotatable bonds is 4. The monoisotopic (exact) mass is 311 g/mol. The summed E-state index contributed by atoms with van der Waals surface area (Å²) in [5.41, 5.74) is 0. The zero-order valence-corrected chi connectivity index (χ0v) is 11.4. The fourth-order valence-electron chi connectivity index (χ4n) is 1.40. The molecule has 1 saturated carbocycles. The van der Waals surface area contributed by atoms with Crippen LogP contribution in [-0.4, -0.2) is 15.2 Å². The summed E-state index contributed by atoms with van der Waals surface area (Å²) in [7, 11) is 0. The van der Waals surface area contributed by atoms with Gasteiger partial charge in [0.15, 0.2) is 0 Å². The minimum Gasteiger partial charge on any atom is -0.424 e. The smallest absolute Gasteiger partial charge is 0.226 e. The molecule has 1 fully saturated rings. The Hall–Kier alpha value is -0.880. The second-order valence-corrected chi connectivity index (χ2v) is 5.82. The van der Waals surface area contributed by atoms with Gasteiger partial charge in [-0.2, -0.15) is 0 Å². The number of aromatic nitrogens is 3. The molecule has 1 aliphatic rings. The highest BCUT2D eigenvalue weighted by atomic mass is 79.9. The summed E-state index contributed by atoms with van der Waals surface area (Å²) < 4.78 is 6.56. The second kappa shape index (κ2) is 4.78. The van der Waals surface area contributed by atoms with Crippen LogP contribution < -0.4 is 0 Å². The molecule has 2 aromatic rings. The van der Waals surface area contributed by atoms with Gasteiger partial charge in [-0.05, 0) is 40.9 Å². The Morgan fingerprint density at radius 1 is 1.35 bits per heavy atom. The molecule has 1 aliphatic carbocycles. The van der Waals surface area contributed by atoms with Crippen LogP contribution in [0.1, 0.15) is 30.5 Å². The third kappa shape index (κ3) is 2.87. The molecule has 4 nitrogen and oxygen atoms in total. The van der Waals surface area contributed by atoms with Crippen LogP contribution in [0.5, 0.6) is 0 Å². The summed E-state index contributed by atoms with van der Waals surface area (Å²) in [6.07, 6.45) is 4.15. The van der Waals surface area contributed by atoms with E-state index in [0.29, 0.717) is 17.6 Å². The van der Waals surface area contributed by atoms with E-state index in [2.05, 4.69) is 31.1 Å². The van der Waals surface area contributed by atoms with Crippen molar-refractivity contribution in [2.24, 2.45) is 0 Å². The fraction of sp³-hybridized carbons (Fsp3) is 0.364. The average molecular weight is 312 g/mol. The van der Waals surface area contributed by atoms with Gasteiger partial charge in [-0.15, -0.1) is 10.2 Å². The molecule has 0 aromatic carbocycles. The summed E-state index contributed by atoms with van der Waals surface area (Å²) in [5, 5.41) is 9.04. The van der Waals surface area contributed by atoms with Crippen molar-refractivity contribution in [1.29, 1.82) is 0 Å². The second-order valence-electron chi connectivity index (χ2n) is 3.91. The van der Waals surface area contributed by atoms with E-state index in [0.717, 1.165) is 15.4 Å². The SMILES string of the molecule is Brc1ccc(SCc2nnc(C3CC3)o2)nc1. The van der Waals surface area contributed by atoms with Crippen molar-refractivity contribution in [3.05, 3.63) is 34.6 Å². The predicted octanol–water partition coefficient (Wildman–Crippen LogP) is 3.40. The van der Waals surface area contributed by atoms with E-state index in [9.17, 15) is 0 Å². The van der Waals surface area contributed by atoms with Gasteiger partial charge in [0.2, 0.25) is 11.8 Å². The number of hydrogen-bond donors (Lipinski definition) is 0. The van der Waals surface area contributed by atoms with E-state index in [1.165, 1.54) is 12.8 Å². The molecule has 0 spiro atoms. The van der Waals surface area contributed by atoms with Gasteiger partial charge in [-0.3, -0.25) is 0 Å². The Kier molecular flexibility index (Phi) is 3.15. The summed E-state index contributed by atoms with van der Waals surface area (Å²) in [5.74, 6) is 2.67. The van der Waals surface area contributed by atoms with Crippen LogP contribution in [0.25, 0.3) is 0 Å². The van der Waals surface area contributed by atoms with Crippen molar-refractivity contribution < 1.29 is 4.42 Å². The maximum atomic E-state index is 5.57. The quantitative estimate of drug-likeness (QED) is 0.810. The maximum absolute atomic E-state index is 5.57. The van der Waals surface area contributed by atoms with E-state index in [4.69, 9.17) is 4.42 Å². The first kappa shape index (κ1) is 11.2. The molecule has 3 rings (SSSR count). The van der Waals surface area contributed by atoms with Crippen LogP contribution in [0.3, 0.4) is 0 Å². The lowest BCUT2D eigenvalue weighted by atomic mass is 10.4. The molecule has 0 atom stereocenters. The van der Waals surface area contributed by atoms with Crippen molar-refractivity contribution in [3.63, 3.8) is 0 Å². The molecule has 0 radical (unpaired) electrons. The van der Waals surface area contributed by atoms with Crippen molar-refractivity contribution >= 4 is 27.7 Å². The van der Waals surface area contributed by atoms with Crippen LogP contribution >= 0.6 is 27.7 Å². The van der Waals surface area contributed by atoms with Gasteiger partial charge in [0.05, 0.1) is 10.8 Å². The van der Waals surface area contributed by atoms with Crippen molar-refractivity contribution in [2.75, 3.05) is 0 Å². The lowest BCUT2D eigenvalue weighted by molar-refractivity contribution is 0.466. The van der Waals surface area contributed by atoms with Crippen molar-refractivity contribution in [3.8, 4) is 0 Å². The molecule has 0 N–H and O–H groups in total. The van der Waals surface area contributed by atoms with E-state index in [-0.39, 0.29) is 0 Å². The van der Waals surface area contributed by atoms with Gasteiger partial charge in [-0.25, -0.2) is 4.98 Å². The third-order valence-electron chi connectivity index (χ3n) is 2.45. The maximum Gasteiger partial charge on any atom is 0.226 e. The van der Waals surface area contributed by atoms with Gasteiger partial charge < -0.3 is 4.42 Å². The summed E-state index contributed by atoms with van der Waals surface area (Å²) in [4.78, 5) is 4.27. The Labute approximate surface area is 111 Å².